The number of aryl methyl sites for hydroxylation is 1. The third-order valence-corrected chi connectivity index (χ3v) is 6.94. The highest BCUT2D eigenvalue weighted by Crippen LogP contribution is 2.26. The molecular weight excluding hydrogens is 350 g/mol. The van der Waals surface area contributed by atoms with E-state index in [0.29, 0.717) is 24.4 Å². The van der Waals surface area contributed by atoms with E-state index in [0.717, 1.165) is 30.2 Å². The Kier molecular flexibility index (Phi) is 5.67. The summed E-state index contributed by atoms with van der Waals surface area (Å²) in [4.78, 5) is 12.6. The molecular formula is C19H27N3O3S. The molecule has 1 saturated heterocycles. The number of carbonyl (C=O) groups is 1. The zero-order chi connectivity index (χ0) is 18.7. The van der Waals surface area contributed by atoms with Crippen LogP contribution in [0.3, 0.4) is 0 Å². The predicted molar refractivity (Wildman–Crippen MR) is 102 cm³/mol. The molecule has 1 fully saturated rings. The number of piperidine rings is 1. The van der Waals surface area contributed by atoms with Gasteiger partial charge in [-0.1, -0.05) is 13.3 Å². The molecule has 1 N–H and O–H groups in total. The van der Waals surface area contributed by atoms with Crippen molar-refractivity contribution in [2.75, 3.05) is 19.6 Å². The van der Waals surface area contributed by atoms with Crippen LogP contribution in [0.5, 0.6) is 0 Å². The molecule has 1 aromatic carbocycles. The van der Waals surface area contributed by atoms with E-state index in [2.05, 4.69) is 12.2 Å². The van der Waals surface area contributed by atoms with Gasteiger partial charge in [-0.25, -0.2) is 8.42 Å². The monoisotopic (exact) mass is 377 g/mol. The third kappa shape index (κ3) is 3.78. The molecule has 3 rings (SSSR count). The van der Waals surface area contributed by atoms with Gasteiger partial charge < -0.3 is 9.88 Å². The molecule has 2 aromatic rings. The lowest BCUT2D eigenvalue weighted by molar-refractivity contribution is -0.126. The summed E-state index contributed by atoms with van der Waals surface area (Å²) in [7, 11) is -1.66. The summed E-state index contributed by atoms with van der Waals surface area (Å²) in [5.41, 5.74) is 0.996. The number of carbonyl (C=O) groups excluding carboxylic acids is 1. The van der Waals surface area contributed by atoms with Crippen LogP contribution >= 0.6 is 0 Å². The van der Waals surface area contributed by atoms with Gasteiger partial charge >= 0.3 is 0 Å². The SMILES string of the molecule is CCCCNC(=O)[C@@H]1CCCN(S(=O)(=O)c2ccc3c(ccn3C)c2)C1. The minimum absolute atomic E-state index is 0.0307. The van der Waals surface area contributed by atoms with Gasteiger partial charge in [0, 0.05) is 43.8 Å². The van der Waals surface area contributed by atoms with Crippen molar-refractivity contribution in [2.24, 2.45) is 13.0 Å². The van der Waals surface area contributed by atoms with Gasteiger partial charge in [-0.3, -0.25) is 4.79 Å². The van der Waals surface area contributed by atoms with Crippen LogP contribution in [-0.2, 0) is 21.9 Å². The number of nitrogens with zero attached hydrogens (tertiary/aromatic N) is 2. The molecule has 0 spiro atoms. The number of hydrogen-bond donors (Lipinski definition) is 1. The van der Waals surface area contributed by atoms with Gasteiger partial charge in [-0.15, -0.1) is 0 Å². The standard InChI is InChI=1S/C19H27N3O3S/c1-3-4-10-20-19(23)16-6-5-11-22(14-16)26(24,25)17-7-8-18-15(13-17)9-12-21(18)2/h7-9,12-13,16H,3-6,10-11,14H2,1-2H3,(H,20,23)/t16-/m1/s1. The molecule has 7 heteroatoms. The number of sulfonamides is 1. The summed E-state index contributed by atoms with van der Waals surface area (Å²) in [6, 6.07) is 7.12. The topological polar surface area (TPSA) is 71.4 Å². The van der Waals surface area contributed by atoms with Crippen molar-refractivity contribution >= 4 is 26.8 Å². The minimum Gasteiger partial charge on any atom is -0.356 e. The summed E-state index contributed by atoms with van der Waals surface area (Å²) >= 11 is 0. The van der Waals surface area contributed by atoms with Gasteiger partial charge in [-0.2, -0.15) is 4.31 Å². The van der Waals surface area contributed by atoms with Gasteiger partial charge in [0.2, 0.25) is 15.9 Å². The van der Waals surface area contributed by atoms with E-state index in [1.165, 1.54) is 4.31 Å². The first-order chi connectivity index (χ1) is 12.4. The van der Waals surface area contributed by atoms with Crippen molar-refractivity contribution < 1.29 is 13.2 Å². The fraction of sp³-hybridized carbons (Fsp3) is 0.526. The molecule has 142 valence electrons. The van der Waals surface area contributed by atoms with Gasteiger partial charge in [0.15, 0.2) is 0 Å². The Morgan fingerprint density at radius 2 is 2.12 bits per heavy atom. The highest BCUT2D eigenvalue weighted by atomic mass is 32.2. The van der Waals surface area contributed by atoms with E-state index in [9.17, 15) is 13.2 Å². The summed E-state index contributed by atoms with van der Waals surface area (Å²) in [5.74, 6) is -0.298. The first kappa shape index (κ1) is 18.9. The van der Waals surface area contributed by atoms with Gasteiger partial charge in [0.1, 0.15) is 0 Å². The van der Waals surface area contributed by atoms with Crippen molar-refractivity contribution in [1.29, 1.82) is 0 Å². The molecule has 0 saturated carbocycles. The Balaban J connectivity index is 1.76. The second kappa shape index (κ2) is 7.80. The normalized spacial score (nSPS) is 18.9. The molecule has 1 aromatic heterocycles. The Morgan fingerprint density at radius 3 is 2.88 bits per heavy atom. The van der Waals surface area contributed by atoms with Gasteiger partial charge in [0.25, 0.3) is 0 Å². The number of benzene rings is 1. The van der Waals surface area contributed by atoms with Gasteiger partial charge in [-0.05, 0) is 43.5 Å². The first-order valence-corrected chi connectivity index (χ1v) is 10.7. The maximum Gasteiger partial charge on any atom is 0.243 e. The average molecular weight is 378 g/mol. The van der Waals surface area contributed by atoms with Crippen LogP contribution < -0.4 is 5.32 Å². The van der Waals surface area contributed by atoms with E-state index in [-0.39, 0.29) is 18.4 Å². The molecule has 0 unspecified atom stereocenters. The molecule has 0 aliphatic carbocycles. The quantitative estimate of drug-likeness (QED) is 0.786. The molecule has 0 radical (unpaired) electrons. The van der Waals surface area contributed by atoms with Crippen LogP contribution in [0, 0.1) is 5.92 Å². The van der Waals surface area contributed by atoms with Crippen molar-refractivity contribution in [2.45, 2.75) is 37.5 Å². The minimum atomic E-state index is -3.59. The van der Waals surface area contributed by atoms with E-state index in [1.54, 1.807) is 12.1 Å². The Bertz CT molecular complexity index is 889. The van der Waals surface area contributed by atoms with Crippen LogP contribution in [0.15, 0.2) is 35.4 Å². The number of hydrogen-bond acceptors (Lipinski definition) is 3. The third-order valence-electron chi connectivity index (χ3n) is 5.08. The molecule has 0 bridgehead atoms. The smallest absolute Gasteiger partial charge is 0.243 e. The fourth-order valence-corrected chi connectivity index (χ4v) is 5.04. The van der Waals surface area contributed by atoms with E-state index < -0.39 is 10.0 Å². The van der Waals surface area contributed by atoms with Gasteiger partial charge in [0.05, 0.1) is 10.8 Å². The van der Waals surface area contributed by atoms with Crippen molar-refractivity contribution in [3.8, 4) is 0 Å². The zero-order valence-electron chi connectivity index (χ0n) is 15.4. The van der Waals surface area contributed by atoms with E-state index in [1.807, 2.05) is 29.9 Å². The largest absolute Gasteiger partial charge is 0.356 e. The Labute approximate surface area is 155 Å². The first-order valence-electron chi connectivity index (χ1n) is 9.26. The zero-order valence-corrected chi connectivity index (χ0v) is 16.3. The van der Waals surface area contributed by atoms with Crippen LogP contribution in [0.1, 0.15) is 32.6 Å². The second-order valence-corrected chi connectivity index (χ2v) is 8.93. The molecule has 1 amide bonds. The Hall–Kier alpha value is -1.86. The maximum absolute atomic E-state index is 13.1. The molecule has 1 aliphatic heterocycles. The van der Waals surface area contributed by atoms with Crippen molar-refractivity contribution in [3.05, 3.63) is 30.5 Å². The molecule has 2 heterocycles. The molecule has 1 aliphatic rings. The van der Waals surface area contributed by atoms with Crippen molar-refractivity contribution in [3.63, 3.8) is 0 Å². The summed E-state index contributed by atoms with van der Waals surface area (Å²) in [6.07, 6.45) is 5.32. The van der Waals surface area contributed by atoms with E-state index >= 15 is 0 Å². The molecule has 26 heavy (non-hydrogen) atoms. The highest BCUT2D eigenvalue weighted by Gasteiger charge is 2.33. The van der Waals surface area contributed by atoms with Crippen LogP contribution in [0.2, 0.25) is 0 Å². The number of aromatic nitrogens is 1. The van der Waals surface area contributed by atoms with Crippen molar-refractivity contribution in [1.82, 2.24) is 14.2 Å². The lowest BCUT2D eigenvalue weighted by Crippen LogP contribution is -2.45. The van der Waals surface area contributed by atoms with Crippen LogP contribution in [0.25, 0.3) is 10.9 Å². The summed E-state index contributed by atoms with van der Waals surface area (Å²) in [6.45, 7) is 3.45. The Morgan fingerprint density at radius 1 is 1.31 bits per heavy atom. The molecule has 6 nitrogen and oxygen atoms in total. The average Bonchev–Trinajstić information content (AvgIpc) is 3.02. The highest BCUT2D eigenvalue weighted by molar-refractivity contribution is 7.89. The van der Waals surface area contributed by atoms with Crippen LogP contribution in [0.4, 0.5) is 0 Å². The summed E-state index contributed by atoms with van der Waals surface area (Å²) < 4.78 is 29.5. The number of rotatable bonds is 6. The molecule has 1 atom stereocenters. The van der Waals surface area contributed by atoms with E-state index in [4.69, 9.17) is 0 Å². The number of amides is 1. The number of unbranched alkanes of at least 4 members (excludes halogenated alkanes) is 1. The lowest BCUT2D eigenvalue weighted by Gasteiger charge is -2.31. The van der Waals surface area contributed by atoms with Crippen LogP contribution in [-0.4, -0.2) is 42.8 Å². The predicted octanol–water partition coefficient (Wildman–Crippen LogP) is 2.50. The fourth-order valence-electron chi connectivity index (χ4n) is 3.48. The lowest BCUT2D eigenvalue weighted by atomic mass is 9.99. The second-order valence-electron chi connectivity index (χ2n) is 6.99. The maximum atomic E-state index is 13.1. The number of nitrogens with one attached hydrogen (secondary N) is 1. The number of fused-ring (bicyclic) bond motifs is 1. The summed E-state index contributed by atoms with van der Waals surface area (Å²) in [5, 5.41) is 3.83.